The summed E-state index contributed by atoms with van der Waals surface area (Å²) in [6, 6.07) is 12.4. The lowest BCUT2D eigenvalue weighted by atomic mass is 10.2. The summed E-state index contributed by atoms with van der Waals surface area (Å²) in [5, 5.41) is 4.56. The van der Waals surface area contributed by atoms with E-state index in [1.807, 2.05) is 0 Å². The molecular formula is C19H17F3N2O5. The molecule has 0 saturated heterocycles. The number of amides is 2. The molecule has 154 valence electrons. The highest BCUT2D eigenvalue weighted by Gasteiger charge is 2.30. The van der Waals surface area contributed by atoms with Gasteiger partial charge in [-0.25, -0.2) is 0 Å². The van der Waals surface area contributed by atoms with Crippen LogP contribution in [0, 0.1) is 0 Å². The molecule has 0 unspecified atom stereocenters. The Bertz CT molecular complexity index is 839. The third-order valence-electron chi connectivity index (χ3n) is 3.40. The molecule has 7 nitrogen and oxygen atoms in total. The van der Waals surface area contributed by atoms with E-state index in [1.54, 1.807) is 30.3 Å². The Kier molecular flexibility index (Phi) is 7.58. The molecule has 0 atom stereocenters. The summed E-state index contributed by atoms with van der Waals surface area (Å²) in [5.41, 5.74) is -0.737. The number of hydrogen-bond donors (Lipinski definition) is 2. The summed E-state index contributed by atoms with van der Waals surface area (Å²) >= 11 is 0. The zero-order chi connectivity index (χ0) is 21.3. The quantitative estimate of drug-likeness (QED) is 0.652. The fourth-order valence-corrected chi connectivity index (χ4v) is 2.02. The fraction of sp³-hybridized carbons (Fsp3) is 0.211. The molecule has 0 heterocycles. The highest BCUT2D eigenvalue weighted by Crippen LogP contribution is 2.29. The molecule has 0 aromatic heterocycles. The fourth-order valence-electron chi connectivity index (χ4n) is 2.02. The highest BCUT2D eigenvalue weighted by molar-refractivity contribution is 5.93. The Morgan fingerprint density at radius 1 is 0.862 bits per heavy atom. The van der Waals surface area contributed by atoms with Crippen molar-refractivity contribution in [1.82, 2.24) is 5.32 Å². The predicted octanol–water partition coefficient (Wildman–Crippen LogP) is 2.38. The molecule has 2 aromatic rings. The van der Waals surface area contributed by atoms with E-state index in [9.17, 15) is 27.6 Å². The van der Waals surface area contributed by atoms with E-state index in [0.29, 0.717) is 5.75 Å². The minimum Gasteiger partial charge on any atom is -0.484 e. The first kappa shape index (κ1) is 21.7. The molecule has 0 saturated carbocycles. The van der Waals surface area contributed by atoms with E-state index in [-0.39, 0.29) is 12.3 Å². The molecule has 0 bridgehead atoms. The van der Waals surface area contributed by atoms with E-state index in [4.69, 9.17) is 4.74 Å². The zero-order valence-corrected chi connectivity index (χ0v) is 15.0. The molecule has 2 rings (SSSR count). The number of hydrogen-bond acceptors (Lipinski definition) is 5. The predicted molar refractivity (Wildman–Crippen MR) is 96.0 cm³/mol. The molecule has 0 aliphatic heterocycles. The zero-order valence-electron chi connectivity index (χ0n) is 15.0. The van der Waals surface area contributed by atoms with Crippen LogP contribution in [0.1, 0.15) is 5.56 Å². The van der Waals surface area contributed by atoms with Gasteiger partial charge in [-0.1, -0.05) is 18.2 Å². The van der Waals surface area contributed by atoms with Crippen molar-refractivity contribution in [1.29, 1.82) is 0 Å². The molecule has 0 aliphatic rings. The van der Waals surface area contributed by atoms with Crippen LogP contribution >= 0.6 is 0 Å². The van der Waals surface area contributed by atoms with Crippen LogP contribution in [0.3, 0.4) is 0 Å². The van der Waals surface area contributed by atoms with Crippen molar-refractivity contribution >= 4 is 23.5 Å². The Hall–Kier alpha value is -3.56. The van der Waals surface area contributed by atoms with Crippen LogP contribution in [-0.4, -0.2) is 37.5 Å². The SMILES string of the molecule is O=C(COc1ccccc1)NCC(=O)OCC(=O)Nc1ccc(C(F)(F)F)cc1. The van der Waals surface area contributed by atoms with Crippen LogP contribution in [0.2, 0.25) is 0 Å². The van der Waals surface area contributed by atoms with Gasteiger partial charge >= 0.3 is 12.1 Å². The summed E-state index contributed by atoms with van der Waals surface area (Å²) in [4.78, 5) is 34.8. The van der Waals surface area contributed by atoms with Crippen LogP contribution < -0.4 is 15.4 Å². The maximum absolute atomic E-state index is 12.5. The maximum atomic E-state index is 12.5. The number of carbonyl (C=O) groups excluding carboxylic acids is 3. The van der Waals surface area contributed by atoms with Crippen molar-refractivity contribution < 1.29 is 37.0 Å². The van der Waals surface area contributed by atoms with Crippen LogP contribution in [0.5, 0.6) is 5.75 Å². The molecular weight excluding hydrogens is 393 g/mol. The van der Waals surface area contributed by atoms with Gasteiger partial charge in [0.2, 0.25) is 0 Å². The number of esters is 1. The number of ether oxygens (including phenoxy) is 2. The third kappa shape index (κ3) is 7.91. The first-order chi connectivity index (χ1) is 13.7. The van der Waals surface area contributed by atoms with Crippen molar-refractivity contribution in [3.8, 4) is 5.75 Å². The van der Waals surface area contributed by atoms with E-state index in [0.717, 1.165) is 24.3 Å². The van der Waals surface area contributed by atoms with Crippen LogP contribution in [0.4, 0.5) is 18.9 Å². The maximum Gasteiger partial charge on any atom is 0.416 e. The van der Waals surface area contributed by atoms with Gasteiger partial charge in [0.1, 0.15) is 12.3 Å². The minimum atomic E-state index is -4.48. The minimum absolute atomic E-state index is 0.116. The summed E-state index contributed by atoms with van der Waals surface area (Å²) in [6.45, 7) is -1.42. The monoisotopic (exact) mass is 410 g/mol. The first-order valence-electron chi connectivity index (χ1n) is 8.31. The molecule has 0 spiro atoms. The van der Waals surface area contributed by atoms with Gasteiger partial charge in [-0.3, -0.25) is 14.4 Å². The lowest BCUT2D eigenvalue weighted by Gasteiger charge is -2.10. The molecule has 0 fully saturated rings. The Morgan fingerprint density at radius 3 is 2.14 bits per heavy atom. The van der Waals surface area contributed by atoms with Crippen molar-refractivity contribution in [2.24, 2.45) is 0 Å². The highest BCUT2D eigenvalue weighted by atomic mass is 19.4. The number of rotatable bonds is 8. The van der Waals surface area contributed by atoms with Gasteiger partial charge in [0.05, 0.1) is 5.56 Å². The van der Waals surface area contributed by atoms with Crippen LogP contribution in [-0.2, 0) is 25.3 Å². The molecule has 2 amide bonds. The number of benzene rings is 2. The number of nitrogens with one attached hydrogen (secondary N) is 2. The van der Waals surface area contributed by atoms with E-state index < -0.39 is 42.7 Å². The average Bonchev–Trinajstić information content (AvgIpc) is 2.69. The normalized spacial score (nSPS) is 10.7. The lowest BCUT2D eigenvalue weighted by molar-refractivity contribution is -0.147. The first-order valence-corrected chi connectivity index (χ1v) is 8.31. The van der Waals surface area contributed by atoms with Crippen LogP contribution in [0.15, 0.2) is 54.6 Å². The number of halogens is 3. The Balaban J connectivity index is 1.65. The largest absolute Gasteiger partial charge is 0.484 e. The van der Waals surface area contributed by atoms with Gasteiger partial charge in [0.25, 0.3) is 11.8 Å². The van der Waals surface area contributed by atoms with Crippen molar-refractivity contribution in [2.45, 2.75) is 6.18 Å². The summed E-state index contributed by atoms with van der Waals surface area (Å²) < 4.78 is 47.3. The molecule has 29 heavy (non-hydrogen) atoms. The number of alkyl halides is 3. The standard InChI is InChI=1S/C19H17F3N2O5/c20-19(21,22)13-6-8-14(9-7-13)24-17(26)12-29-18(27)10-23-16(25)11-28-15-4-2-1-3-5-15/h1-9H,10-12H2,(H,23,25)(H,24,26). The number of carbonyl (C=O) groups is 3. The van der Waals surface area contributed by atoms with Gasteiger partial charge in [-0.15, -0.1) is 0 Å². The third-order valence-corrected chi connectivity index (χ3v) is 3.40. The molecule has 10 heteroatoms. The van der Waals surface area contributed by atoms with Crippen LogP contribution in [0.25, 0.3) is 0 Å². The molecule has 0 aliphatic carbocycles. The summed E-state index contributed by atoms with van der Waals surface area (Å²) in [6.07, 6.45) is -4.48. The molecule has 2 N–H and O–H groups in total. The lowest BCUT2D eigenvalue weighted by Crippen LogP contribution is -2.35. The van der Waals surface area contributed by atoms with Crippen molar-refractivity contribution in [3.63, 3.8) is 0 Å². The topological polar surface area (TPSA) is 93.7 Å². The Morgan fingerprint density at radius 2 is 1.52 bits per heavy atom. The molecule has 2 aromatic carbocycles. The smallest absolute Gasteiger partial charge is 0.416 e. The second kappa shape index (κ2) is 10.1. The second-order valence-corrected chi connectivity index (χ2v) is 5.66. The van der Waals surface area contributed by atoms with Gasteiger partial charge in [-0.05, 0) is 36.4 Å². The molecule has 0 radical (unpaired) electrons. The van der Waals surface area contributed by atoms with E-state index in [1.165, 1.54) is 0 Å². The van der Waals surface area contributed by atoms with Gasteiger partial charge in [-0.2, -0.15) is 13.2 Å². The number of para-hydroxylation sites is 1. The average molecular weight is 410 g/mol. The van der Waals surface area contributed by atoms with E-state index >= 15 is 0 Å². The Labute approximate surface area is 163 Å². The van der Waals surface area contributed by atoms with Gasteiger partial charge in [0.15, 0.2) is 13.2 Å². The van der Waals surface area contributed by atoms with E-state index in [2.05, 4.69) is 15.4 Å². The van der Waals surface area contributed by atoms with Crippen molar-refractivity contribution in [3.05, 3.63) is 60.2 Å². The van der Waals surface area contributed by atoms with Gasteiger partial charge < -0.3 is 20.1 Å². The number of anilines is 1. The second-order valence-electron chi connectivity index (χ2n) is 5.66. The van der Waals surface area contributed by atoms with Gasteiger partial charge in [0, 0.05) is 5.69 Å². The summed E-state index contributed by atoms with van der Waals surface area (Å²) in [7, 11) is 0. The van der Waals surface area contributed by atoms with Crippen molar-refractivity contribution in [2.75, 3.05) is 25.1 Å². The summed E-state index contributed by atoms with van der Waals surface area (Å²) in [5.74, 6) is -1.66.